The second-order valence-corrected chi connectivity index (χ2v) is 13.6. The fraction of sp³-hybridized carbons (Fsp3) is 0.719. The predicted octanol–water partition coefficient (Wildman–Crippen LogP) is 6.52. The monoisotopic (exact) mass is 528 g/mol. The van der Waals surface area contributed by atoms with Crippen molar-refractivity contribution in [3.63, 3.8) is 0 Å². The van der Waals surface area contributed by atoms with Crippen LogP contribution < -0.4 is 0 Å². The maximum absolute atomic E-state index is 12.8. The molecule has 7 atom stereocenters. The van der Waals surface area contributed by atoms with Crippen molar-refractivity contribution >= 4 is 16.9 Å². The number of thioether (sulfide) groups is 1. The Morgan fingerprint density at radius 1 is 1.14 bits per heavy atom. The van der Waals surface area contributed by atoms with E-state index in [-0.39, 0.29) is 10.5 Å². The van der Waals surface area contributed by atoms with E-state index in [0.717, 1.165) is 43.4 Å². The Bertz CT molecular complexity index is 928. The van der Waals surface area contributed by atoms with Crippen LogP contribution in [0.4, 0.5) is 0 Å². The SMILES string of the molecule is C=C1[C@H](O)CC(=C/C=C2\CCC[C@]3(C)[C@@H]([C@H](C)/C=C/[C@H](O)C4(C(=O)SCCCC)CC4)CC[C@@H]23)C[C@H]1O. The van der Waals surface area contributed by atoms with Gasteiger partial charge in [-0.1, -0.05) is 81.0 Å². The van der Waals surface area contributed by atoms with Crippen molar-refractivity contribution < 1.29 is 20.1 Å². The molecule has 0 unspecified atom stereocenters. The third kappa shape index (κ3) is 6.05. The van der Waals surface area contributed by atoms with Crippen LogP contribution in [0.25, 0.3) is 0 Å². The van der Waals surface area contributed by atoms with Gasteiger partial charge in [-0.05, 0) is 93.0 Å². The van der Waals surface area contributed by atoms with E-state index in [1.807, 2.05) is 6.08 Å². The van der Waals surface area contributed by atoms with E-state index < -0.39 is 23.7 Å². The molecule has 0 amide bonds. The summed E-state index contributed by atoms with van der Waals surface area (Å²) in [7, 11) is 0. The molecule has 5 heteroatoms. The van der Waals surface area contributed by atoms with E-state index in [9.17, 15) is 20.1 Å². The van der Waals surface area contributed by atoms with Crippen LogP contribution in [0, 0.1) is 28.6 Å². The average molecular weight is 529 g/mol. The minimum atomic E-state index is -0.674. The average Bonchev–Trinajstić information content (AvgIpc) is 3.60. The van der Waals surface area contributed by atoms with Gasteiger partial charge in [0.2, 0.25) is 0 Å². The highest BCUT2D eigenvalue weighted by atomic mass is 32.2. The third-order valence-corrected chi connectivity index (χ3v) is 11.2. The van der Waals surface area contributed by atoms with Gasteiger partial charge in [0.1, 0.15) is 0 Å². The molecule has 0 heterocycles. The fourth-order valence-electron chi connectivity index (χ4n) is 7.38. The number of allylic oxidation sites excluding steroid dienone is 4. The molecule has 0 aromatic heterocycles. The maximum atomic E-state index is 12.8. The van der Waals surface area contributed by atoms with Gasteiger partial charge in [-0.3, -0.25) is 4.79 Å². The third-order valence-electron chi connectivity index (χ3n) is 10.1. The molecule has 0 aromatic carbocycles. The highest BCUT2D eigenvalue weighted by Crippen LogP contribution is 2.60. The number of carbonyl (C=O) groups is 1. The summed E-state index contributed by atoms with van der Waals surface area (Å²) >= 11 is 1.41. The summed E-state index contributed by atoms with van der Waals surface area (Å²) < 4.78 is 0. The zero-order valence-electron chi connectivity index (χ0n) is 23.1. The summed E-state index contributed by atoms with van der Waals surface area (Å²) in [5, 5.41) is 31.5. The highest BCUT2D eigenvalue weighted by Gasteiger charge is 2.54. The number of aliphatic hydroxyl groups excluding tert-OH is 3. The minimum absolute atomic E-state index is 0.178. The molecule has 4 nitrogen and oxygen atoms in total. The second-order valence-electron chi connectivity index (χ2n) is 12.5. The summed E-state index contributed by atoms with van der Waals surface area (Å²) in [6.45, 7) is 10.7. The standard InChI is InChI=1S/C32H48O4S/c1-5-6-18-37-30(36)32(16-17-32)29(35)14-9-21(2)25-12-13-26-24(8-7-15-31(25,26)4)11-10-23-19-27(33)22(3)28(34)20-23/h9-11,14,21,25-29,33-35H,3,5-8,12-13,15-20H2,1-2,4H3/b14-9+,24-11+/t21-,25-,26+,27-,28-,29+,31-/m1/s1. The Labute approximate surface area is 228 Å². The van der Waals surface area contributed by atoms with Gasteiger partial charge in [0.05, 0.1) is 23.7 Å². The molecular formula is C32H48O4S. The van der Waals surface area contributed by atoms with E-state index in [4.69, 9.17) is 0 Å². The van der Waals surface area contributed by atoms with Crippen LogP contribution >= 0.6 is 11.8 Å². The lowest BCUT2D eigenvalue weighted by Crippen LogP contribution is -2.35. The molecule has 4 saturated carbocycles. The summed E-state index contributed by atoms with van der Waals surface area (Å²) in [4.78, 5) is 12.8. The van der Waals surface area contributed by atoms with Gasteiger partial charge >= 0.3 is 0 Å². The van der Waals surface area contributed by atoms with Gasteiger partial charge in [0.25, 0.3) is 0 Å². The first-order valence-electron chi connectivity index (χ1n) is 14.6. The van der Waals surface area contributed by atoms with Gasteiger partial charge in [0.15, 0.2) is 5.12 Å². The number of carbonyl (C=O) groups excluding carboxylic acids is 1. The Balaban J connectivity index is 1.40. The van der Waals surface area contributed by atoms with Crippen LogP contribution in [0.5, 0.6) is 0 Å². The summed E-state index contributed by atoms with van der Waals surface area (Å²) in [6, 6.07) is 0. The van der Waals surface area contributed by atoms with Crippen molar-refractivity contribution in [2.75, 3.05) is 5.75 Å². The summed E-state index contributed by atoms with van der Waals surface area (Å²) in [5.41, 5.74) is 2.84. The summed E-state index contributed by atoms with van der Waals surface area (Å²) in [5.74, 6) is 2.33. The van der Waals surface area contributed by atoms with Gasteiger partial charge in [-0.25, -0.2) is 0 Å². The topological polar surface area (TPSA) is 77.8 Å². The van der Waals surface area contributed by atoms with Gasteiger partial charge < -0.3 is 15.3 Å². The van der Waals surface area contributed by atoms with Crippen LogP contribution in [0.15, 0.2) is 47.6 Å². The fourth-order valence-corrected chi connectivity index (χ4v) is 8.61. The van der Waals surface area contributed by atoms with Crippen molar-refractivity contribution in [2.45, 2.75) is 110 Å². The first-order valence-corrected chi connectivity index (χ1v) is 15.6. The number of fused-ring (bicyclic) bond motifs is 1. The first-order chi connectivity index (χ1) is 17.6. The van der Waals surface area contributed by atoms with E-state index >= 15 is 0 Å². The molecule has 0 aromatic rings. The molecule has 37 heavy (non-hydrogen) atoms. The molecule has 4 fully saturated rings. The van der Waals surface area contributed by atoms with E-state index in [1.165, 1.54) is 43.0 Å². The number of aliphatic hydroxyl groups is 3. The molecule has 0 bridgehead atoms. The molecule has 0 saturated heterocycles. The molecule has 0 radical (unpaired) electrons. The molecular weight excluding hydrogens is 480 g/mol. The number of rotatable bonds is 9. The lowest BCUT2D eigenvalue weighted by atomic mass is 9.61. The quantitative estimate of drug-likeness (QED) is 0.235. The zero-order chi connectivity index (χ0) is 26.8. The minimum Gasteiger partial charge on any atom is -0.388 e. The number of hydrogen-bond donors (Lipinski definition) is 3. The van der Waals surface area contributed by atoms with Crippen LogP contribution in [-0.2, 0) is 4.79 Å². The maximum Gasteiger partial charge on any atom is 0.198 e. The predicted molar refractivity (Wildman–Crippen MR) is 153 cm³/mol. The normalized spacial score (nSPS) is 36.0. The van der Waals surface area contributed by atoms with Crippen LogP contribution in [0.3, 0.4) is 0 Å². The van der Waals surface area contributed by atoms with Crippen LogP contribution in [-0.4, -0.2) is 44.5 Å². The Morgan fingerprint density at radius 2 is 1.84 bits per heavy atom. The van der Waals surface area contributed by atoms with E-state index in [1.54, 1.807) is 0 Å². The smallest absolute Gasteiger partial charge is 0.198 e. The molecule has 4 rings (SSSR count). The zero-order valence-corrected chi connectivity index (χ0v) is 23.9. The van der Waals surface area contributed by atoms with Gasteiger partial charge in [0, 0.05) is 5.75 Å². The molecule has 0 spiro atoms. The Kier molecular flexibility index (Phi) is 9.31. The van der Waals surface area contributed by atoms with Crippen molar-refractivity contribution in [1.29, 1.82) is 0 Å². The Hall–Kier alpha value is -1.14. The second kappa shape index (κ2) is 11.9. The number of hydrogen-bond acceptors (Lipinski definition) is 5. The lowest BCUT2D eigenvalue weighted by Gasteiger charge is -2.44. The Morgan fingerprint density at radius 3 is 2.49 bits per heavy atom. The largest absolute Gasteiger partial charge is 0.388 e. The van der Waals surface area contributed by atoms with Crippen molar-refractivity contribution in [3.8, 4) is 0 Å². The first kappa shape index (κ1) is 28.9. The van der Waals surface area contributed by atoms with Crippen molar-refractivity contribution in [3.05, 3.63) is 47.6 Å². The molecule has 206 valence electrons. The molecule has 4 aliphatic rings. The van der Waals surface area contributed by atoms with E-state index in [0.29, 0.717) is 36.2 Å². The molecule has 4 aliphatic carbocycles. The molecule has 3 N–H and O–H groups in total. The van der Waals surface area contributed by atoms with Crippen LogP contribution in [0.2, 0.25) is 0 Å². The van der Waals surface area contributed by atoms with Gasteiger partial charge in [-0.2, -0.15) is 0 Å². The number of unbranched alkanes of at least 4 members (excludes halogenated alkanes) is 1. The van der Waals surface area contributed by atoms with Crippen LogP contribution in [0.1, 0.15) is 91.4 Å². The van der Waals surface area contributed by atoms with Gasteiger partial charge in [-0.15, -0.1) is 0 Å². The highest BCUT2D eigenvalue weighted by molar-refractivity contribution is 8.13. The summed E-state index contributed by atoms with van der Waals surface area (Å²) in [6.07, 6.45) is 17.4. The lowest BCUT2D eigenvalue weighted by molar-refractivity contribution is -0.118. The van der Waals surface area contributed by atoms with Crippen molar-refractivity contribution in [2.24, 2.45) is 28.6 Å². The van der Waals surface area contributed by atoms with E-state index in [2.05, 4.69) is 45.6 Å². The van der Waals surface area contributed by atoms with Crippen molar-refractivity contribution in [1.82, 2.24) is 0 Å². The molecule has 0 aliphatic heterocycles.